The first-order chi connectivity index (χ1) is 9.05. The molecule has 0 radical (unpaired) electrons. The first-order valence-corrected chi connectivity index (χ1v) is 7.26. The molecule has 0 spiro atoms. The van der Waals surface area contributed by atoms with Gasteiger partial charge in [0.1, 0.15) is 0 Å². The van der Waals surface area contributed by atoms with Gasteiger partial charge in [0.15, 0.2) is 0 Å². The number of aliphatic hydroxyl groups is 1. The predicted molar refractivity (Wildman–Crippen MR) is 81.2 cm³/mol. The molecule has 0 fully saturated rings. The summed E-state index contributed by atoms with van der Waals surface area (Å²) >= 11 is 3.35. The average molecular weight is 329 g/mol. The third-order valence-corrected chi connectivity index (χ3v) is 3.38. The van der Waals surface area contributed by atoms with Crippen molar-refractivity contribution in [1.82, 2.24) is 5.32 Å². The van der Waals surface area contributed by atoms with E-state index in [0.29, 0.717) is 6.42 Å². The van der Waals surface area contributed by atoms with Gasteiger partial charge in [0.05, 0.1) is 6.61 Å². The number of rotatable bonds is 7. The Morgan fingerprint density at radius 2 is 2.00 bits per heavy atom. The number of benzene rings is 1. The quantitative estimate of drug-likeness (QED) is 0.720. The number of carbonyl (C=O) groups is 1. The zero-order chi connectivity index (χ0) is 14.3. The number of aliphatic hydroxyl groups excluding tert-OH is 1. The Hall–Kier alpha value is -0.910. The van der Waals surface area contributed by atoms with Crippen LogP contribution in [0.25, 0.3) is 0 Å². The summed E-state index contributed by atoms with van der Waals surface area (Å²) in [6.07, 6.45) is 1.22. The van der Waals surface area contributed by atoms with Crippen LogP contribution in [0.15, 0.2) is 28.7 Å². The maximum Gasteiger partial charge on any atom is 0.225 e. The molecule has 1 amide bonds. The molecule has 4 nitrogen and oxygen atoms in total. The molecule has 2 unspecified atom stereocenters. The van der Waals surface area contributed by atoms with Crippen LogP contribution in [0.4, 0.5) is 5.69 Å². The van der Waals surface area contributed by atoms with E-state index in [1.54, 1.807) is 0 Å². The summed E-state index contributed by atoms with van der Waals surface area (Å²) in [5, 5.41) is 15.2. The maximum atomic E-state index is 11.8. The number of carbonyl (C=O) groups excluding carboxylic acids is 1. The molecule has 19 heavy (non-hydrogen) atoms. The topological polar surface area (TPSA) is 61.4 Å². The Labute approximate surface area is 122 Å². The molecule has 0 bridgehead atoms. The first kappa shape index (κ1) is 16.1. The van der Waals surface area contributed by atoms with Crippen LogP contribution in [-0.4, -0.2) is 29.7 Å². The third kappa shape index (κ3) is 6.18. The summed E-state index contributed by atoms with van der Waals surface area (Å²) in [4.78, 5) is 11.8. The van der Waals surface area contributed by atoms with Crippen molar-refractivity contribution in [3.63, 3.8) is 0 Å². The van der Waals surface area contributed by atoms with Crippen LogP contribution in [-0.2, 0) is 4.79 Å². The van der Waals surface area contributed by atoms with Gasteiger partial charge in [-0.1, -0.05) is 22.9 Å². The second-order valence-corrected chi connectivity index (χ2v) is 5.53. The lowest BCUT2D eigenvalue weighted by Gasteiger charge is -2.20. The Balaban J connectivity index is 2.40. The number of hydrogen-bond donors (Lipinski definition) is 3. The van der Waals surface area contributed by atoms with Crippen molar-refractivity contribution in [2.24, 2.45) is 0 Å². The normalized spacial score (nSPS) is 13.9. The van der Waals surface area contributed by atoms with Crippen LogP contribution in [0.1, 0.15) is 26.7 Å². The molecule has 0 aromatic heterocycles. The molecular weight excluding hydrogens is 308 g/mol. The molecule has 0 aliphatic heterocycles. The van der Waals surface area contributed by atoms with Crippen LogP contribution in [0.3, 0.4) is 0 Å². The number of nitrogens with one attached hydrogen (secondary N) is 2. The van der Waals surface area contributed by atoms with Crippen molar-refractivity contribution in [1.29, 1.82) is 0 Å². The lowest BCUT2D eigenvalue weighted by molar-refractivity contribution is -0.116. The highest BCUT2D eigenvalue weighted by Gasteiger charge is 2.13. The zero-order valence-corrected chi connectivity index (χ0v) is 12.9. The Bertz CT molecular complexity index is 391. The van der Waals surface area contributed by atoms with E-state index in [1.165, 1.54) is 0 Å². The van der Waals surface area contributed by atoms with Gasteiger partial charge in [-0.3, -0.25) is 4.79 Å². The van der Waals surface area contributed by atoms with E-state index in [4.69, 9.17) is 5.11 Å². The molecule has 1 rings (SSSR count). The largest absolute Gasteiger partial charge is 0.395 e. The fourth-order valence-corrected chi connectivity index (χ4v) is 2.05. The molecule has 5 heteroatoms. The van der Waals surface area contributed by atoms with Crippen LogP contribution >= 0.6 is 15.9 Å². The van der Waals surface area contributed by atoms with E-state index >= 15 is 0 Å². The van der Waals surface area contributed by atoms with Crippen LogP contribution in [0, 0.1) is 0 Å². The fraction of sp³-hybridized carbons (Fsp3) is 0.500. The smallest absolute Gasteiger partial charge is 0.225 e. The van der Waals surface area contributed by atoms with Gasteiger partial charge >= 0.3 is 0 Å². The van der Waals surface area contributed by atoms with Crippen molar-refractivity contribution in [3.8, 4) is 0 Å². The van der Waals surface area contributed by atoms with Gasteiger partial charge in [-0.2, -0.15) is 0 Å². The zero-order valence-electron chi connectivity index (χ0n) is 11.3. The lowest BCUT2D eigenvalue weighted by atomic mass is 10.1. The number of hydrogen-bond acceptors (Lipinski definition) is 3. The van der Waals surface area contributed by atoms with E-state index < -0.39 is 0 Å². The fourth-order valence-electron chi connectivity index (χ4n) is 1.78. The van der Waals surface area contributed by atoms with Crippen LogP contribution in [0.2, 0.25) is 0 Å². The highest BCUT2D eigenvalue weighted by Crippen LogP contribution is 2.14. The standard InChI is InChI=1S/C14H21BrN2O2/c1-3-12(9-18)16-10(2)8-14(19)17-13-6-4-11(15)5-7-13/h4-7,10,12,16,18H,3,8-9H2,1-2H3,(H,17,19). The van der Waals surface area contributed by atoms with E-state index in [2.05, 4.69) is 26.6 Å². The van der Waals surface area contributed by atoms with Crippen molar-refractivity contribution in [2.75, 3.05) is 11.9 Å². The first-order valence-electron chi connectivity index (χ1n) is 6.47. The highest BCUT2D eigenvalue weighted by molar-refractivity contribution is 9.10. The molecule has 0 heterocycles. The highest BCUT2D eigenvalue weighted by atomic mass is 79.9. The molecule has 3 N–H and O–H groups in total. The lowest BCUT2D eigenvalue weighted by Crippen LogP contribution is -2.40. The summed E-state index contributed by atoms with van der Waals surface area (Å²) in [6.45, 7) is 4.04. The summed E-state index contributed by atoms with van der Waals surface area (Å²) in [5.74, 6) is -0.0323. The van der Waals surface area contributed by atoms with Gasteiger partial charge in [0.25, 0.3) is 0 Å². The van der Waals surface area contributed by atoms with E-state index in [-0.39, 0.29) is 24.6 Å². The minimum absolute atomic E-state index is 0.0323. The summed E-state index contributed by atoms with van der Waals surface area (Å²) in [7, 11) is 0. The van der Waals surface area contributed by atoms with Gasteiger partial charge in [-0.05, 0) is 37.6 Å². The molecule has 0 aliphatic carbocycles. The minimum Gasteiger partial charge on any atom is -0.395 e. The van der Waals surface area contributed by atoms with Crippen molar-refractivity contribution < 1.29 is 9.90 Å². The third-order valence-electron chi connectivity index (χ3n) is 2.85. The van der Waals surface area contributed by atoms with Crippen LogP contribution in [0.5, 0.6) is 0 Å². The minimum atomic E-state index is -0.0323. The average Bonchev–Trinajstić information content (AvgIpc) is 2.38. The Morgan fingerprint density at radius 3 is 2.53 bits per heavy atom. The molecule has 1 aromatic carbocycles. The maximum absolute atomic E-state index is 11.8. The summed E-state index contributed by atoms with van der Waals surface area (Å²) in [6, 6.07) is 7.56. The molecule has 0 aliphatic rings. The second kappa shape index (κ2) is 8.30. The monoisotopic (exact) mass is 328 g/mol. The molecule has 0 saturated heterocycles. The molecule has 1 aromatic rings. The number of anilines is 1. The van der Waals surface area contributed by atoms with Gasteiger partial charge in [0.2, 0.25) is 5.91 Å². The van der Waals surface area contributed by atoms with Crippen molar-refractivity contribution >= 4 is 27.5 Å². The second-order valence-electron chi connectivity index (χ2n) is 4.61. The van der Waals surface area contributed by atoms with Crippen molar-refractivity contribution in [2.45, 2.75) is 38.8 Å². The molecular formula is C14H21BrN2O2. The number of halogens is 1. The SMILES string of the molecule is CCC(CO)NC(C)CC(=O)Nc1ccc(Br)cc1. The van der Waals surface area contributed by atoms with E-state index in [0.717, 1.165) is 16.6 Å². The number of amides is 1. The van der Waals surface area contributed by atoms with Crippen molar-refractivity contribution in [3.05, 3.63) is 28.7 Å². The molecule has 106 valence electrons. The van der Waals surface area contributed by atoms with Gasteiger partial charge < -0.3 is 15.7 Å². The van der Waals surface area contributed by atoms with Gasteiger partial charge in [-0.25, -0.2) is 0 Å². The van der Waals surface area contributed by atoms with Gasteiger partial charge in [-0.15, -0.1) is 0 Å². The van der Waals surface area contributed by atoms with Crippen LogP contribution < -0.4 is 10.6 Å². The molecule has 2 atom stereocenters. The summed E-state index contributed by atoms with van der Waals surface area (Å²) < 4.78 is 0.981. The van der Waals surface area contributed by atoms with E-state index in [9.17, 15) is 4.79 Å². The summed E-state index contributed by atoms with van der Waals surface area (Å²) in [5.41, 5.74) is 0.787. The Kier molecular flexibility index (Phi) is 7.05. The predicted octanol–water partition coefficient (Wildman–Crippen LogP) is 2.53. The Morgan fingerprint density at radius 1 is 1.37 bits per heavy atom. The molecule has 0 saturated carbocycles. The van der Waals surface area contributed by atoms with Gasteiger partial charge in [0, 0.05) is 28.7 Å². The van der Waals surface area contributed by atoms with E-state index in [1.807, 2.05) is 38.1 Å².